The van der Waals surface area contributed by atoms with Crippen LogP contribution < -0.4 is 10.0 Å². The van der Waals surface area contributed by atoms with E-state index in [1.807, 2.05) is 0 Å². The maximum Gasteiger partial charge on any atom is 0.405 e. The van der Waals surface area contributed by atoms with Crippen molar-refractivity contribution < 1.29 is 31.1 Å². The Hall–Kier alpha value is -1.65. The van der Waals surface area contributed by atoms with Crippen LogP contribution in [0.3, 0.4) is 0 Å². The van der Waals surface area contributed by atoms with Crippen LogP contribution in [0, 0.1) is 5.92 Å². The molecule has 1 aromatic rings. The standard InChI is InChI=1S/C15H19F3N2O4S/c16-15(17,18)10-19-14(21)12-4-1-5-13(7-12)25(22,23)20-8-11-3-2-6-24-9-11/h1,4-5,7,11,20H,2-3,6,8-10H2,(H,19,21). The van der Waals surface area contributed by atoms with Crippen LogP contribution in [0.25, 0.3) is 0 Å². The molecule has 1 aliphatic heterocycles. The van der Waals surface area contributed by atoms with Crippen LogP contribution in [0.4, 0.5) is 13.2 Å². The number of ether oxygens (including phenoxy) is 1. The molecule has 140 valence electrons. The van der Waals surface area contributed by atoms with Crippen LogP contribution in [-0.4, -0.2) is 46.8 Å². The molecule has 0 aromatic heterocycles. The minimum Gasteiger partial charge on any atom is -0.381 e. The first kappa shape index (κ1) is 19.7. The number of benzene rings is 1. The highest BCUT2D eigenvalue weighted by Gasteiger charge is 2.28. The molecule has 0 bridgehead atoms. The number of nitrogens with one attached hydrogen (secondary N) is 2. The second kappa shape index (κ2) is 8.15. The number of halogens is 3. The largest absolute Gasteiger partial charge is 0.405 e. The lowest BCUT2D eigenvalue weighted by molar-refractivity contribution is -0.123. The highest BCUT2D eigenvalue weighted by molar-refractivity contribution is 7.89. The summed E-state index contributed by atoms with van der Waals surface area (Å²) < 4.78 is 68.8. The van der Waals surface area contributed by atoms with Crippen molar-refractivity contribution in [1.82, 2.24) is 10.0 Å². The summed E-state index contributed by atoms with van der Waals surface area (Å²) in [6.07, 6.45) is -2.83. The Morgan fingerprint density at radius 3 is 2.72 bits per heavy atom. The predicted molar refractivity (Wildman–Crippen MR) is 83.6 cm³/mol. The Kier molecular flexibility index (Phi) is 6.42. The van der Waals surface area contributed by atoms with Gasteiger partial charge in [-0.05, 0) is 37.0 Å². The summed E-state index contributed by atoms with van der Waals surface area (Å²) in [6.45, 7) is -0.143. The normalized spacial score (nSPS) is 18.8. The lowest BCUT2D eigenvalue weighted by Gasteiger charge is -2.22. The number of alkyl halides is 3. The fourth-order valence-electron chi connectivity index (χ4n) is 2.37. The van der Waals surface area contributed by atoms with E-state index in [0.717, 1.165) is 18.9 Å². The monoisotopic (exact) mass is 380 g/mol. The van der Waals surface area contributed by atoms with Gasteiger partial charge in [0, 0.05) is 18.7 Å². The van der Waals surface area contributed by atoms with Gasteiger partial charge >= 0.3 is 6.18 Å². The van der Waals surface area contributed by atoms with Crippen molar-refractivity contribution in [2.45, 2.75) is 23.9 Å². The predicted octanol–water partition coefficient (Wildman–Crippen LogP) is 1.68. The number of carbonyl (C=O) groups is 1. The van der Waals surface area contributed by atoms with Gasteiger partial charge in [0.1, 0.15) is 6.54 Å². The van der Waals surface area contributed by atoms with Crippen LogP contribution in [0.5, 0.6) is 0 Å². The molecule has 0 aliphatic carbocycles. The van der Waals surface area contributed by atoms with Gasteiger partial charge in [-0.1, -0.05) is 6.07 Å². The first-order chi connectivity index (χ1) is 11.7. The van der Waals surface area contributed by atoms with Crippen LogP contribution in [0.15, 0.2) is 29.2 Å². The fourth-order valence-corrected chi connectivity index (χ4v) is 3.53. The molecule has 1 aliphatic rings. The van der Waals surface area contributed by atoms with Gasteiger partial charge in [-0.2, -0.15) is 13.2 Å². The highest BCUT2D eigenvalue weighted by atomic mass is 32.2. The van der Waals surface area contributed by atoms with Crippen molar-refractivity contribution in [2.75, 3.05) is 26.3 Å². The zero-order chi connectivity index (χ0) is 18.5. The summed E-state index contributed by atoms with van der Waals surface area (Å²) in [5.74, 6) is -0.920. The molecule has 0 radical (unpaired) electrons. The third-order valence-corrected chi connectivity index (χ3v) is 5.09. The first-order valence-electron chi connectivity index (χ1n) is 7.70. The Morgan fingerprint density at radius 2 is 2.08 bits per heavy atom. The van der Waals surface area contributed by atoms with Crippen molar-refractivity contribution in [3.05, 3.63) is 29.8 Å². The van der Waals surface area contributed by atoms with Crippen LogP contribution >= 0.6 is 0 Å². The van der Waals surface area contributed by atoms with E-state index in [4.69, 9.17) is 4.74 Å². The molecule has 1 aromatic carbocycles. The molecule has 1 fully saturated rings. The molecule has 6 nitrogen and oxygen atoms in total. The molecular formula is C15H19F3N2O4S. The van der Waals surface area contributed by atoms with E-state index in [-0.39, 0.29) is 22.9 Å². The number of hydrogen-bond donors (Lipinski definition) is 2. The molecule has 1 saturated heterocycles. The second-order valence-corrected chi connectivity index (χ2v) is 7.53. The lowest BCUT2D eigenvalue weighted by Crippen LogP contribution is -2.34. The summed E-state index contributed by atoms with van der Waals surface area (Å²) in [4.78, 5) is 11.6. The quantitative estimate of drug-likeness (QED) is 0.787. The average molecular weight is 380 g/mol. The summed E-state index contributed by atoms with van der Waals surface area (Å²) in [6, 6.07) is 4.88. The van der Waals surface area contributed by atoms with E-state index in [0.29, 0.717) is 13.2 Å². The van der Waals surface area contributed by atoms with Crippen molar-refractivity contribution in [1.29, 1.82) is 0 Å². The van der Waals surface area contributed by atoms with Gasteiger partial charge in [0.25, 0.3) is 5.91 Å². The topological polar surface area (TPSA) is 84.5 Å². The smallest absolute Gasteiger partial charge is 0.381 e. The van der Waals surface area contributed by atoms with Gasteiger partial charge < -0.3 is 10.1 Å². The molecule has 2 N–H and O–H groups in total. The minimum absolute atomic E-state index is 0.0711. The van der Waals surface area contributed by atoms with Crippen LogP contribution in [0.2, 0.25) is 0 Å². The molecule has 1 amide bonds. The molecule has 1 heterocycles. The molecular weight excluding hydrogens is 361 g/mol. The molecule has 1 unspecified atom stereocenters. The van der Waals surface area contributed by atoms with Gasteiger partial charge in [-0.15, -0.1) is 0 Å². The minimum atomic E-state index is -4.54. The van der Waals surface area contributed by atoms with Crippen molar-refractivity contribution in [3.63, 3.8) is 0 Å². The number of rotatable bonds is 6. The summed E-state index contributed by atoms with van der Waals surface area (Å²) in [5.41, 5.74) is -0.159. The number of amides is 1. The van der Waals surface area contributed by atoms with E-state index >= 15 is 0 Å². The number of sulfonamides is 1. The van der Waals surface area contributed by atoms with Crippen molar-refractivity contribution in [3.8, 4) is 0 Å². The van der Waals surface area contributed by atoms with Gasteiger partial charge in [-0.25, -0.2) is 13.1 Å². The first-order valence-corrected chi connectivity index (χ1v) is 9.18. The van der Waals surface area contributed by atoms with E-state index in [1.54, 1.807) is 5.32 Å². The van der Waals surface area contributed by atoms with Gasteiger partial charge in [0.2, 0.25) is 10.0 Å². The third kappa shape index (κ3) is 6.29. The number of hydrogen-bond acceptors (Lipinski definition) is 4. The van der Waals surface area contributed by atoms with Gasteiger partial charge in [0.15, 0.2) is 0 Å². The third-order valence-electron chi connectivity index (χ3n) is 3.67. The molecule has 0 spiro atoms. The van der Waals surface area contributed by atoms with Gasteiger partial charge in [-0.3, -0.25) is 4.79 Å². The fraction of sp³-hybridized carbons (Fsp3) is 0.533. The average Bonchev–Trinajstić information content (AvgIpc) is 2.58. The van der Waals surface area contributed by atoms with E-state index in [2.05, 4.69) is 4.72 Å². The molecule has 1 atom stereocenters. The van der Waals surface area contributed by atoms with Crippen molar-refractivity contribution in [2.24, 2.45) is 5.92 Å². The molecule has 25 heavy (non-hydrogen) atoms. The maximum absolute atomic E-state index is 12.3. The van der Waals surface area contributed by atoms with E-state index < -0.39 is 28.7 Å². The maximum atomic E-state index is 12.3. The summed E-state index contributed by atoms with van der Waals surface area (Å²) in [7, 11) is -3.87. The summed E-state index contributed by atoms with van der Waals surface area (Å²) in [5, 5.41) is 1.71. The lowest BCUT2D eigenvalue weighted by atomic mass is 10.0. The van der Waals surface area contributed by atoms with E-state index in [9.17, 15) is 26.4 Å². The Morgan fingerprint density at radius 1 is 1.32 bits per heavy atom. The molecule has 10 heteroatoms. The number of carbonyl (C=O) groups excluding carboxylic acids is 1. The summed E-state index contributed by atoms with van der Waals surface area (Å²) >= 11 is 0. The van der Waals surface area contributed by atoms with Crippen molar-refractivity contribution >= 4 is 15.9 Å². The highest BCUT2D eigenvalue weighted by Crippen LogP contribution is 2.16. The Labute approximate surface area is 143 Å². The van der Waals surface area contributed by atoms with Gasteiger partial charge in [0.05, 0.1) is 11.5 Å². The van der Waals surface area contributed by atoms with Crippen LogP contribution in [-0.2, 0) is 14.8 Å². The second-order valence-electron chi connectivity index (χ2n) is 5.76. The zero-order valence-electron chi connectivity index (χ0n) is 13.3. The molecule has 0 saturated carbocycles. The zero-order valence-corrected chi connectivity index (χ0v) is 14.1. The van der Waals surface area contributed by atoms with E-state index in [1.165, 1.54) is 18.2 Å². The van der Waals surface area contributed by atoms with Crippen LogP contribution in [0.1, 0.15) is 23.2 Å². The Bertz CT molecular complexity index is 701. The molecule has 2 rings (SSSR count). The Balaban J connectivity index is 2.01. The SMILES string of the molecule is O=C(NCC(F)(F)F)c1cccc(S(=O)(=O)NCC2CCCOC2)c1.